The van der Waals surface area contributed by atoms with Gasteiger partial charge in [0.25, 0.3) is 0 Å². The van der Waals surface area contributed by atoms with Crippen molar-refractivity contribution in [2.75, 3.05) is 5.73 Å². The molecule has 2 N–H and O–H groups in total. The fourth-order valence-corrected chi connectivity index (χ4v) is 2.35. The van der Waals surface area contributed by atoms with Crippen molar-refractivity contribution in [3.63, 3.8) is 0 Å². The molecule has 1 aromatic carbocycles. The Hall–Kier alpha value is -1.32. The second kappa shape index (κ2) is 4.68. The zero-order valence-electron chi connectivity index (χ0n) is 8.44. The largest absolute Gasteiger partial charge is 0.399 e. The van der Waals surface area contributed by atoms with Crippen molar-refractivity contribution in [3.8, 4) is 0 Å². The summed E-state index contributed by atoms with van der Waals surface area (Å²) in [7, 11) is 0. The van der Waals surface area contributed by atoms with E-state index in [4.69, 9.17) is 17.3 Å². The monoisotopic (exact) mass is 251 g/mol. The van der Waals surface area contributed by atoms with E-state index in [2.05, 4.69) is 0 Å². The number of halogens is 1. The molecule has 0 unspecified atom stereocenters. The molecule has 82 valence electrons. The lowest BCUT2D eigenvalue weighted by Crippen LogP contribution is -2.01. The van der Waals surface area contributed by atoms with E-state index < -0.39 is 0 Å². The lowest BCUT2D eigenvalue weighted by Gasteiger charge is -1.99. The van der Waals surface area contributed by atoms with Gasteiger partial charge in [0, 0.05) is 12.1 Å². The first-order chi connectivity index (χ1) is 7.65. The molecule has 0 amide bonds. The van der Waals surface area contributed by atoms with E-state index in [0.29, 0.717) is 21.3 Å². The maximum atomic E-state index is 11.8. The minimum atomic E-state index is 0.0849. The predicted molar refractivity (Wildman–Crippen MR) is 68.2 cm³/mol. The summed E-state index contributed by atoms with van der Waals surface area (Å²) in [5.74, 6) is 0.0849. The fraction of sp³-hybridized carbons (Fsp3) is 0.0833. The Labute approximate surface area is 103 Å². The number of ketones is 1. The number of Topliss-reactive ketones (excluding diaryl/α,β-unsaturated/α-hetero) is 1. The third-order valence-corrected chi connectivity index (χ3v) is 3.46. The van der Waals surface area contributed by atoms with Gasteiger partial charge < -0.3 is 5.73 Å². The first kappa shape index (κ1) is 11.2. The van der Waals surface area contributed by atoms with Crippen LogP contribution in [0, 0.1) is 0 Å². The number of anilines is 1. The molecule has 0 aliphatic carbocycles. The maximum absolute atomic E-state index is 11.8. The molecule has 16 heavy (non-hydrogen) atoms. The quantitative estimate of drug-likeness (QED) is 0.671. The van der Waals surface area contributed by atoms with E-state index in [1.54, 1.807) is 24.3 Å². The van der Waals surface area contributed by atoms with E-state index in [-0.39, 0.29) is 5.78 Å². The van der Waals surface area contributed by atoms with Gasteiger partial charge in [-0.2, -0.15) is 0 Å². The minimum absolute atomic E-state index is 0.0849. The second-order valence-electron chi connectivity index (χ2n) is 3.45. The number of hydrogen-bond donors (Lipinski definition) is 1. The van der Waals surface area contributed by atoms with Crippen molar-refractivity contribution < 1.29 is 4.79 Å². The lowest BCUT2D eigenvalue weighted by atomic mass is 10.1. The highest BCUT2D eigenvalue weighted by atomic mass is 35.5. The Morgan fingerprint density at radius 3 is 2.44 bits per heavy atom. The van der Waals surface area contributed by atoms with Gasteiger partial charge in [0.2, 0.25) is 0 Å². The smallest absolute Gasteiger partial charge is 0.177 e. The van der Waals surface area contributed by atoms with Crippen LogP contribution < -0.4 is 5.73 Å². The van der Waals surface area contributed by atoms with Crippen LogP contribution in [0.25, 0.3) is 0 Å². The van der Waals surface area contributed by atoms with E-state index in [0.717, 1.165) is 5.56 Å². The molecular weight excluding hydrogens is 242 g/mol. The third kappa shape index (κ3) is 2.62. The molecule has 1 heterocycles. The third-order valence-electron chi connectivity index (χ3n) is 2.19. The van der Waals surface area contributed by atoms with Gasteiger partial charge >= 0.3 is 0 Å². The molecule has 2 aromatic rings. The minimum Gasteiger partial charge on any atom is -0.399 e. The topological polar surface area (TPSA) is 43.1 Å². The Balaban J connectivity index is 2.10. The molecule has 2 rings (SSSR count). The lowest BCUT2D eigenvalue weighted by molar-refractivity contribution is 0.0997. The highest BCUT2D eigenvalue weighted by molar-refractivity contribution is 7.18. The molecular formula is C12H10ClNOS. The molecule has 0 saturated carbocycles. The standard InChI is InChI=1S/C12H10ClNOS/c13-12-6-5-11(16-12)10(15)7-8-1-3-9(14)4-2-8/h1-6H,7,14H2. The summed E-state index contributed by atoms with van der Waals surface area (Å²) in [5, 5.41) is 0. The number of carbonyl (C=O) groups excluding carboxylic acids is 1. The number of nitrogens with two attached hydrogens (primary N) is 1. The maximum Gasteiger partial charge on any atom is 0.177 e. The van der Waals surface area contributed by atoms with Crippen LogP contribution in [0.4, 0.5) is 5.69 Å². The van der Waals surface area contributed by atoms with Crippen molar-refractivity contribution in [2.45, 2.75) is 6.42 Å². The molecule has 2 nitrogen and oxygen atoms in total. The fourth-order valence-electron chi connectivity index (χ4n) is 1.37. The van der Waals surface area contributed by atoms with Crippen LogP contribution in [0.1, 0.15) is 15.2 Å². The zero-order chi connectivity index (χ0) is 11.5. The summed E-state index contributed by atoms with van der Waals surface area (Å²) in [6.07, 6.45) is 0.386. The SMILES string of the molecule is Nc1ccc(CC(=O)c2ccc(Cl)s2)cc1. The van der Waals surface area contributed by atoms with Crippen molar-refractivity contribution in [1.82, 2.24) is 0 Å². The zero-order valence-corrected chi connectivity index (χ0v) is 10.0. The number of carbonyl (C=O) groups is 1. The van der Waals surface area contributed by atoms with E-state index in [9.17, 15) is 4.79 Å². The Bertz CT molecular complexity index is 504. The van der Waals surface area contributed by atoms with Crippen LogP contribution in [-0.4, -0.2) is 5.78 Å². The average molecular weight is 252 g/mol. The normalized spacial score (nSPS) is 10.3. The van der Waals surface area contributed by atoms with Crippen LogP contribution >= 0.6 is 22.9 Å². The van der Waals surface area contributed by atoms with Gasteiger partial charge in [-0.05, 0) is 29.8 Å². The molecule has 4 heteroatoms. The average Bonchev–Trinajstić information content (AvgIpc) is 2.68. The summed E-state index contributed by atoms with van der Waals surface area (Å²) in [4.78, 5) is 12.5. The molecule has 0 aliphatic heterocycles. The molecule has 1 aromatic heterocycles. The van der Waals surface area contributed by atoms with Gasteiger partial charge in [0.05, 0.1) is 9.21 Å². The molecule has 0 saturated heterocycles. The van der Waals surface area contributed by atoms with Crippen molar-refractivity contribution in [3.05, 3.63) is 51.2 Å². The first-order valence-electron chi connectivity index (χ1n) is 4.78. The summed E-state index contributed by atoms with van der Waals surface area (Å²) in [5.41, 5.74) is 7.24. The van der Waals surface area contributed by atoms with Crippen molar-refractivity contribution in [2.24, 2.45) is 0 Å². The Kier molecular flexibility index (Phi) is 3.27. The molecule has 0 radical (unpaired) electrons. The van der Waals surface area contributed by atoms with Crippen LogP contribution in [0.5, 0.6) is 0 Å². The Morgan fingerprint density at radius 1 is 1.19 bits per heavy atom. The first-order valence-corrected chi connectivity index (χ1v) is 5.97. The molecule has 0 bridgehead atoms. The van der Waals surface area contributed by atoms with Gasteiger partial charge in [-0.3, -0.25) is 4.79 Å². The molecule has 0 atom stereocenters. The Morgan fingerprint density at radius 2 is 1.88 bits per heavy atom. The summed E-state index contributed by atoms with van der Waals surface area (Å²) < 4.78 is 0.639. The number of hydrogen-bond acceptors (Lipinski definition) is 3. The number of rotatable bonds is 3. The van der Waals surface area contributed by atoms with Crippen LogP contribution in [-0.2, 0) is 6.42 Å². The van der Waals surface area contributed by atoms with Gasteiger partial charge in [0.1, 0.15) is 0 Å². The highest BCUT2D eigenvalue weighted by Gasteiger charge is 2.09. The van der Waals surface area contributed by atoms with Crippen LogP contribution in [0.3, 0.4) is 0 Å². The summed E-state index contributed by atoms with van der Waals surface area (Å²) in [6, 6.07) is 10.8. The van der Waals surface area contributed by atoms with Crippen LogP contribution in [0.2, 0.25) is 4.34 Å². The number of thiophene rings is 1. The summed E-state index contributed by atoms with van der Waals surface area (Å²) >= 11 is 7.09. The van der Waals surface area contributed by atoms with E-state index in [1.807, 2.05) is 12.1 Å². The van der Waals surface area contributed by atoms with Crippen molar-refractivity contribution >= 4 is 34.4 Å². The molecule has 0 fully saturated rings. The van der Waals surface area contributed by atoms with E-state index in [1.165, 1.54) is 11.3 Å². The van der Waals surface area contributed by atoms with Gasteiger partial charge in [-0.25, -0.2) is 0 Å². The summed E-state index contributed by atoms with van der Waals surface area (Å²) in [6.45, 7) is 0. The van der Waals surface area contributed by atoms with Crippen molar-refractivity contribution in [1.29, 1.82) is 0 Å². The number of nitrogen functional groups attached to an aromatic ring is 1. The molecule has 0 aliphatic rings. The number of benzene rings is 1. The predicted octanol–water partition coefficient (Wildman–Crippen LogP) is 3.41. The van der Waals surface area contributed by atoms with Gasteiger partial charge in [0.15, 0.2) is 5.78 Å². The second-order valence-corrected chi connectivity index (χ2v) is 5.16. The molecule has 0 spiro atoms. The van der Waals surface area contributed by atoms with Crippen LogP contribution in [0.15, 0.2) is 36.4 Å². The van der Waals surface area contributed by atoms with Gasteiger partial charge in [-0.1, -0.05) is 23.7 Å². The van der Waals surface area contributed by atoms with E-state index >= 15 is 0 Å². The van der Waals surface area contributed by atoms with Gasteiger partial charge in [-0.15, -0.1) is 11.3 Å². The highest BCUT2D eigenvalue weighted by Crippen LogP contribution is 2.22.